The van der Waals surface area contributed by atoms with Gasteiger partial charge in [0.15, 0.2) is 5.11 Å². The highest BCUT2D eigenvalue weighted by atomic mass is 35.5. The van der Waals surface area contributed by atoms with Gasteiger partial charge in [0.2, 0.25) is 0 Å². The molecule has 2 saturated heterocycles. The Labute approximate surface area is 211 Å². The maximum Gasteiger partial charge on any atom is 0.170 e. The summed E-state index contributed by atoms with van der Waals surface area (Å²) < 4.78 is 7.82. The lowest BCUT2D eigenvalue weighted by atomic mass is 9.96. The number of pyridine rings is 1. The Morgan fingerprint density at radius 2 is 1.85 bits per heavy atom. The number of hydrogen-bond acceptors (Lipinski definition) is 4. The fourth-order valence-electron chi connectivity index (χ4n) is 5.13. The lowest BCUT2D eigenvalue weighted by Gasteiger charge is -2.32. The van der Waals surface area contributed by atoms with Crippen molar-refractivity contribution in [1.82, 2.24) is 24.7 Å². The van der Waals surface area contributed by atoms with E-state index < -0.39 is 0 Å². The molecule has 0 amide bonds. The molecule has 0 aliphatic carbocycles. The first-order valence-corrected chi connectivity index (χ1v) is 12.5. The molecule has 178 valence electrons. The second-order valence-corrected chi connectivity index (χ2v) is 9.74. The van der Waals surface area contributed by atoms with Crippen molar-refractivity contribution in [2.45, 2.75) is 25.9 Å². The van der Waals surface area contributed by atoms with Crippen molar-refractivity contribution in [2.75, 3.05) is 39.4 Å². The van der Waals surface area contributed by atoms with Crippen LogP contribution in [0, 0.1) is 13.8 Å². The quantitative estimate of drug-likeness (QED) is 0.510. The fourth-order valence-corrected chi connectivity index (χ4v) is 5.59. The van der Waals surface area contributed by atoms with Crippen LogP contribution < -0.4 is 5.32 Å². The van der Waals surface area contributed by atoms with Crippen molar-refractivity contribution in [1.29, 1.82) is 0 Å². The van der Waals surface area contributed by atoms with E-state index >= 15 is 0 Å². The molecule has 2 atom stereocenters. The molecular formula is C26H30ClN5OS. The van der Waals surface area contributed by atoms with Crippen LogP contribution in [0.4, 0.5) is 0 Å². The van der Waals surface area contributed by atoms with Crippen LogP contribution in [0.5, 0.6) is 0 Å². The average molecular weight is 496 g/mol. The first kappa shape index (κ1) is 23.3. The zero-order valence-corrected chi connectivity index (χ0v) is 21.1. The van der Waals surface area contributed by atoms with Crippen LogP contribution in [0.3, 0.4) is 0 Å². The third-order valence-electron chi connectivity index (χ3n) is 6.83. The molecule has 0 spiro atoms. The smallest absolute Gasteiger partial charge is 0.170 e. The van der Waals surface area contributed by atoms with Crippen LogP contribution in [-0.4, -0.2) is 63.9 Å². The van der Waals surface area contributed by atoms with Gasteiger partial charge in [0.1, 0.15) is 0 Å². The Kier molecular flexibility index (Phi) is 6.88. The number of aromatic nitrogens is 2. The monoisotopic (exact) mass is 495 g/mol. The number of morpholine rings is 1. The van der Waals surface area contributed by atoms with Gasteiger partial charge in [-0.1, -0.05) is 17.7 Å². The summed E-state index contributed by atoms with van der Waals surface area (Å²) in [7, 11) is 0. The van der Waals surface area contributed by atoms with E-state index in [1.807, 2.05) is 30.5 Å². The van der Waals surface area contributed by atoms with Crippen molar-refractivity contribution in [3.05, 3.63) is 82.4 Å². The van der Waals surface area contributed by atoms with Gasteiger partial charge in [-0.2, -0.15) is 0 Å². The first-order chi connectivity index (χ1) is 16.5. The minimum Gasteiger partial charge on any atom is -0.379 e. The Morgan fingerprint density at radius 3 is 2.56 bits per heavy atom. The van der Waals surface area contributed by atoms with Gasteiger partial charge in [-0.15, -0.1) is 0 Å². The number of benzene rings is 1. The number of ether oxygens (including phenoxy) is 1. The number of nitrogens with zero attached hydrogens (tertiary/aromatic N) is 4. The lowest BCUT2D eigenvalue weighted by molar-refractivity contribution is 0.0350. The van der Waals surface area contributed by atoms with Crippen molar-refractivity contribution >= 4 is 28.9 Å². The Morgan fingerprint density at radius 1 is 1.09 bits per heavy atom. The number of aryl methyl sites for hydroxylation is 1. The Balaban J connectivity index is 1.52. The minimum absolute atomic E-state index is 0.0162. The molecule has 1 aromatic carbocycles. The second-order valence-electron chi connectivity index (χ2n) is 8.91. The molecule has 3 aromatic rings. The third kappa shape index (κ3) is 4.58. The zero-order chi connectivity index (χ0) is 23.7. The van der Waals surface area contributed by atoms with Gasteiger partial charge in [0.25, 0.3) is 0 Å². The summed E-state index contributed by atoms with van der Waals surface area (Å²) in [5.74, 6) is 0. The zero-order valence-electron chi connectivity index (χ0n) is 19.6. The molecule has 0 radical (unpaired) electrons. The van der Waals surface area contributed by atoms with E-state index in [1.54, 1.807) is 0 Å². The summed E-state index contributed by atoms with van der Waals surface area (Å²) in [6.07, 6.45) is 1.85. The van der Waals surface area contributed by atoms with Crippen molar-refractivity contribution in [3.63, 3.8) is 0 Å². The topological polar surface area (TPSA) is 45.6 Å². The summed E-state index contributed by atoms with van der Waals surface area (Å²) in [6.45, 7) is 9.67. The summed E-state index contributed by atoms with van der Waals surface area (Å²) in [5, 5.41) is 5.10. The van der Waals surface area contributed by atoms with Gasteiger partial charge >= 0.3 is 0 Å². The summed E-state index contributed by atoms with van der Waals surface area (Å²) in [4.78, 5) is 9.48. The van der Waals surface area contributed by atoms with E-state index in [9.17, 15) is 0 Å². The van der Waals surface area contributed by atoms with E-state index in [-0.39, 0.29) is 12.1 Å². The fraction of sp³-hybridized carbons (Fsp3) is 0.385. The molecule has 2 aliphatic heterocycles. The van der Waals surface area contributed by atoms with Crippen molar-refractivity contribution in [2.24, 2.45) is 0 Å². The number of nitrogens with one attached hydrogen (secondary N) is 1. The van der Waals surface area contributed by atoms with Crippen LogP contribution in [-0.2, 0) is 4.74 Å². The molecule has 1 N–H and O–H groups in total. The molecule has 8 heteroatoms. The molecule has 2 aromatic heterocycles. The Bertz CT molecular complexity index is 1140. The highest BCUT2D eigenvalue weighted by Gasteiger charge is 2.41. The van der Waals surface area contributed by atoms with E-state index in [0.717, 1.165) is 60.9 Å². The maximum absolute atomic E-state index is 6.15. The van der Waals surface area contributed by atoms with Gasteiger partial charge < -0.3 is 19.5 Å². The van der Waals surface area contributed by atoms with E-state index in [2.05, 4.69) is 62.8 Å². The van der Waals surface area contributed by atoms with Gasteiger partial charge in [-0.3, -0.25) is 9.88 Å². The van der Waals surface area contributed by atoms with Gasteiger partial charge in [0.05, 0.1) is 31.0 Å². The summed E-state index contributed by atoms with van der Waals surface area (Å²) in [5.41, 5.74) is 5.75. The number of halogens is 1. The number of thiocarbonyl (C=S) groups is 1. The van der Waals surface area contributed by atoms with Crippen LogP contribution in [0.2, 0.25) is 5.02 Å². The largest absolute Gasteiger partial charge is 0.379 e. The average Bonchev–Trinajstić information content (AvgIpc) is 3.34. The van der Waals surface area contributed by atoms with Gasteiger partial charge in [0, 0.05) is 54.5 Å². The molecule has 34 heavy (non-hydrogen) atoms. The SMILES string of the molecule is Cc1cc(C2C(c3ccccn3)NC(=S)N2CCN2CCOCC2)c(C)n1-c1ccc(Cl)cc1. The molecular weight excluding hydrogens is 466 g/mol. The molecule has 2 unspecified atom stereocenters. The summed E-state index contributed by atoms with van der Waals surface area (Å²) in [6, 6.07) is 16.4. The normalized spacial score (nSPS) is 21.1. The maximum atomic E-state index is 6.15. The lowest BCUT2D eigenvalue weighted by Crippen LogP contribution is -2.42. The predicted octanol–water partition coefficient (Wildman–Crippen LogP) is 4.45. The minimum atomic E-state index is -0.0162. The molecule has 6 nitrogen and oxygen atoms in total. The third-order valence-corrected chi connectivity index (χ3v) is 7.44. The van der Waals surface area contributed by atoms with E-state index in [1.165, 1.54) is 17.0 Å². The van der Waals surface area contributed by atoms with Crippen LogP contribution in [0.25, 0.3) is 5.69 Å². The number of hydrogen-bond donors (Lipinski definition) is 1. The van der Waals surface area contributed by atoms with Crippen LogP contribution in [0.15, 0.2) is 54.7 Å². The molecule has 2 fully saturated rings. The molecule has 2 aliphatic rings. The highest BCUT2D eigenvalue weighted by Crippen LogP contribution is 2.41. The first-order valence-electron chi connectivity index (χ1n) is 11.8. The number of rotatable bonds is 6. The van der Waals surface area contributed by atoms with E-state index in [4.69, 9.17) is 28.6 Å². The van der Waals surface area contributed by atoms with Crippen LogP contribution in [0.1, 0.15) is 34.7 Å². The summed E-state index contributed by atoms with van der Waals surface area (Å²) >= 11 is 12.0. The molecule has 5 rings (SSSR count). The second kappa shape index (κ2) is 10.0. The van der Waals surface area contributed by atoms with Gasteiger partial charge in [-0.25, -0.2) is 0 Å². The van der Waals surface area contributed by atoms with Crippen LogP contribution >= 0.6 is 23.8 Å². The van der Waals surface area contributed by atoms with Gasteiger partial charge in [-0.05, 0) is 74.1 Å². The standard InChI is InChI=1S/C26H30ClN5OS/c1-18-17-22(19(2)32(18)21-8-6-20(27)7-9-21)25-24(23-5-3-4-10-28-23)29-26(34)31(25)12-11-30-13-15-33-16-14-30/h3-10,17,24-25H,11-16H2,1-2H3,(H,29,34). The van der Waals surface area contributed by atoms with E-state index in [0.29, 0.717) is 0 Å². The molecule has 4 heterocycles. The highest BCUT2D eigenvalue weighted by molar-refractivity contribution is 7.80. The molecule has 0 bridgehead atoms. The predicted molar refractivity (Wildman–Crippen MR) is 140 cm³/mol. The Hall–Kier alpha value is -2.45. The van der Waals surface area contributed by atoms with Crippen molar-refractivity contribution in [3.8, 4) is 5.69 Å². The van der Waals surface area contributed by atoms with Crippen molar-refractivity contribution < 1.29 is 4.74 Å². The molecule has 0 saturated carbocycles.